The summed E-state index contributed by atoms with van der Waals surface area (Å²) in [5.41, 5.74) is 1.67. The van der Waals surface area contributed by atoms with Crippen molar-refractivity contribution in [3.63, 3.8) is 0 Å². The highest BCUT2D eigenvalue weighted by Gasteiger charge is 2.30. The molecule has 4 rings (SSSR count). The first-order valence-electron chi connectivity index (χ1n) is 9.24. The minimum absolute atomic E-state index is 0.0811. The number of pyridine rings is 1. The standard InChI is InChI=1S/C21H17ClFN3O2S/c22-20-17(7-24)19(18(8-25)21(26-20)29-11-12-9-27-10-12)13-1-3-15(4-2-13)28-16-5-14(23)6-16/h1-4,12,14,16H,5-6,9-11H2/t14-,16+. The second-order valence-corrected chi connectivity index (χ2v) is 8.47. The van der Waals surface area contributed by atoms with Gasteiger partial charge in [-0.2, -0.15) is 10.5 Å². The Kier molecular flexibility index (Phi) is 5.91. The first-order valence-corrected chi connectivity index (χ1v) is 10.6. The monoisotopic (exact) mass is 429 g/mol. The van der Waals surface area contributed by atoms with Gasteiger partial charge in [0.25, 0.3) is 0 Å². The number of aromatic nitrogens is 1. The predicted molar refractivity (Wildman–Crippen MR) is 108 cm³/mol. The van der Waals surface area contributed by atoms with E-state index >= 15 is 0 Å². The Morgan fingerprint density at radius 3 is 2.41 bits per heavy atom. The van der Waals surface area contributed by atoms with E-state index in [0.29, 0.717) is 59.4 Å². The maximum atomic E-state index is 13.0. The molecule has 1 aliphatic heterocycles. The number of ether oxygens (including phenoxy) is 2. The first-order chi connectivity index (χ1) is 14.1. The van der Waals surface area contributed by atoms with Crippen LogP contribution in [0.4, 0.5) is 4.39 Å². The molecule has 2 heterocycles. The van der Waals surface area contributed by atoms with Gasteiger partial charge in [0.05, 0.1) is 24.3 Å². The van der Waals surface area contributed by atoms with Crippen LogP contribution in [0.1, 0.15) is 24.0 Å². The summed E-state index contributed by atoms with van der Waals surface area (Å²) in [6, 6.07) is 11.4. The van der Waals surface area contributed by atoms with Gasteiger partial charge in [0.1, 0.15) is 40.3 Å². The molecule has 0 bridgehead atoms. The number of nitrogens with zero attached hydrogens (tertiary/aromatic N) is 3. The van der Waals surface area contributed by atoms with E-state index in [4.69, 9.17) is 21.1 Å². The molecule has 0 radical (unpaired) electrons. The van der Waals surface area contributed by atoms with Crippen molar-refractivity contribution < 1.29 is 13.9 Å². The van der Waals surface area contributed by atoms with Gasteiger partial charge in [-0.25, -0.2) is 9.37 Å². The fourth-order valence-electron chi connectivity index (χ4n) is 3.20. The molecule has 29 heavy (non-hydrogen) atoms. The van der Waals surface area contributed by atoms with Crippen molar-refractivity contribution in [2.24, 2.45) is 5.92 Å². The van der Waals surface area contributed by atoms with Crippen LogP contribution in [0.2, 0.25) is 5.15 Å². The van der Waals surface area contributed by atoms with Crippen molar-refractivity contribution in [1.82, 2.24) is 4.98 Å². The van der Waals surface area contributed by atoms with Crippen LogP contribution in [-0.2, 0) is 4.74 Å². The third-order valence-corrected chi connectivity index (χ3v) is 6.47. The second kappa shape index (κ2) is 8.59. The zero-order valence-corrected chi connectivity index (χ0v) is 17.0. The zero-order valence-electron chi connectivity index (χ0n) is 15.4. The van der Waals surface area contributed by atoms with Crippen LogP contribution in [0.25, 0.3) is 11.1 Å². The van der Waals surface area contributed by atoms with E-state index in [1.807, 2.05) is 0 Å². The Morgan fingerprint density at radius 2 is 1.86 bits per heavy atom. The van der Waals surface area contributed by atoms with Crippen LogP contribution in [0.5, 0.6) is 5.75 Å². The topological polar surface area (TPSA) is 78.9 Å². The summed E-state index contributed by atoms with van der Waals surface area (Å²) < 4.78 is 23.9. The van der Waals surface area contributed by atoms with Crippen molar-refractivity contribution in [1.29, 1.82) is 10.5 Å². The third-order valence-electron chi connectivity index (χ3n) is 4.99. The Morgan fingerprint density at radius 1 is 1.17 bits per heavy atom. The molecule has 1 aromatic carbocycles. The summed E-state index contributed by atoms with van der Waals surface area (Å²) in [5, 5.41) is 20.0. The number of halogens is 2. The highest BCUT2D eigenvalue weighted by atomic mass is 35.5. The van der Waals surface area contributed by atoms with Crippen molar-refractivity contribution in [3.8, 4) is 29.0 Å². The number of nitriles is 2. The van der Waals surface area contributed by atoms with Crippen LogP contribution in [0.3, 0.4) is 0 Å². The van der Waals surface area contributed by atoms with Crippen LogP contribution in [-0.4, -0.2) is 36.2 Å². The summed E-state index contributed by atoms with van der Waals surface area (Å²) >= 11 is 7.73. The van der Waals surface area contributed by atoms with Crippen molar-refractivity contribution in [2.75, 3.05) is 19.0 Å². The van der Waals surface area contributed by atoms with Gasteiger partial charge in [0.15, 0.2) is 0 Å². The molecule has 8 heteroatoms. The number of benzene rings is 1. The molecule has 1 saturated heterocycles. The van der Waals surface area contributed by atoms with E-state index in [1.54, 1.807) is 24.3 Å². The summed E-state index contributed by atoms with van der Waals surface area (Å²) in [4.78, 5) is 4.30. The van der Waals surface area contributed by atoms with Gasteiger partial charge in [-0.05, 0) is 17.7 Å². The summed E-state index contributed by atoms with van der Waals surface area (Å²) in [5.74, 6) is 1.83. The average molecular weight is 430 g/mol. The quantitative estimate of drug-likeness (QED) is 0.486. The molecule has 2 aromatic rings. The lowest BCUT2D eigenvalue weighted by Crippen LogP contribution is -2.34. The minimum Gasteiger partial charge on any atom is -0.490 e. The molecule has 1 aromatic heterocycles. The summed E-state index contributed by atoms with van der Waals surface area (Å²) in [6.07, 6.45) is -0.0668. The highest BCUT2D eigenvalue weighted by Crippen LogP contribution is 2.38. The van der Waals surface area contributed by atoms with Gasteiger partial charge < -0.3 is 9.47 Å². The SMILES string of the molecule is N#Cc1c(Cl)nc(SCC2COC2)c(C#N)c1-c1ccc(O[C@H]2C[C@@H](F)C2)cc1. The van der Waals surface area contributed by atoms with Crippen LogP contribution in [0.15, 0.2) is 29.3 Å². The number of hydrogen-bond donors (Lipinski definition) is 0. The Bertz CT molecular complexity index is 993. The molecule has 2 aliphatic rings. The van der Waals surface area contributed by atoms with E-state index in [-0.39, 0.29) is 16.8 Å². The third kappa shape index (κ3) is 4.18. The molecule has 1 saturated carbocycles. The van der Waals surface area contributed by atoms with E-state index < -0.39 is 6.17 Å². The zero-order chi connectivity index (χ0) is 20.4. The molecule has 2 fully saturated rings. The molecule has 0 unspecified atom stereocenters. The number of rotatable bonds is 6. The lowest BCUT2D eigenvalue weighted by Gasteiger charge is -2.30. The lowest BCUT2D eigenvalue weighted by atomic mass is 9.93. The summed E-state index contributed by atoms with van der Waals surface area (Å²) in [7, 11) is 0. The van der Waals surface area contributed by atoms with E-state index in [2.05, 4.69) is 17.1 Å². The van der Waals surface area contributed by atoms with Crippen molar-refractivity contribution in [2.45, 2.75) is 30.1 Å². The lowest BCUT2D eigenvalue weighted by molar-refractivity contribution is -0.0196. The molecule has 0 N–H and O–H groups in total. The summed E-state index contributed by atoms with van der Waals surface area (Å²) in [6.45, 7) is 1.41. The fraction of sp³-hybridized carbons (Fsp3) is 0.381. The Hall–Kier alpha value is -2.32. The van der Waals surface area contributed by atoms with Crippen molar-refractivity contribution >= 4 is 23.4 Å². The predicted octanol–water partition coefficient (Wildman–Crippen LogP) is 4.76. The van der Waals surface area contributed by atoms with Gasteiger partial charge in [-0.1, -0.05) is 23.7 Å². The maximum absolute atomic E-state index is 13.0. The van der Waals surface area contributed by atoms with Gasteiger partial charge in [0, 0.05) is 30.1 Å². The van der Waals surface area contributed by atoms with E-state index in [1.165, 1.54) is 11.8 Å². The Balaban J connectivity index is 1.64. The largest absolute Gasteiger partial charge is 0.490 e. The molecular weight excluding hydrogens is 413 g/mol. The van der Waals surface area contributed by atoms with Gasteiger partial charge in [0.2, 0.25) is 0 Å². The average Bonchev–Trinajstić information content (AvgIpc) is 2.65. The number of hydrogen-bond acceptors (Lipinski definition) is 6. The number of alkyl halides is 1. The Labute approximate surface area is 177 Å². The van der Waals surface area contributed by atoms with Gasteiger partial charge >= 0.3 is 0 Å². The van der Waals surface area contributed by atoms with Crippen molar-refractivity contribution in [3.05, 3.63) is 40.5 Å². The fourth-order valence-corrected chi connectivity index (χ4v) is 4.51. The normalized spacial score (nSPS) is 20.8. The minimum atomic E-state index is -0.781. The van der Waals surface area contributed by atoms with Gasteiger partial charge in [-0.3, -0.25) is 0 Å². The molecule has 1 aliphatic carbocycles. The van der Waals surface area contributed by atoms with E-state index in [9.17, 15) is 14.9 Å². The van der Waals surface area contributed by atoms with Gasteiger partial charge in [-0.15, -0.1) is 11.8 Å². The van der Waals surface area contributed by atoms with Crippen LogP contribution in [0, 0.1) is 28.6 Å². The van der Waals surface area contributed by atoms with Crippen LogP contribution >= 0.6 is 23.4 Å². The van der Waals surface area contributed by atoms with Crippen LogP contribution < -0.4 is 4.74 Å². The highest BCUT2D eigenvalue weighted by molar-refractivity contribution is 7.99. The second-order valence-electron chi connectivity index (χ2n) is 7.10. The number of thioether (sulfide) groups is 1. The molecule has 148 valence electrons. The first kappa shape index (κ1) is 20.0. The molecule has 0 atom stereocenters. The molecule has 0 spiro atoms. The molecule has 0 amide bonds. The maximum Gasteiger partial charge on any atom is 0.148 e. The smallest absolute Gasteiger partial charge is 0.148 e. The molecular formula is C21H17ClFN3O2S. The van der Waals surface area contributed by atoms with E-state index in [0.717, 1.165) is 5.75 Å². The molecule has 5 nitrogen and oxygen atoms in total.